The van der Waals surface area contributed by atoms with Gasteiger partial charge in [-0.2, -0.15) is 0 Å². The summed E-state index contributed by atoms with van der Waals surface area (Å²) in [6, 6.07) is 9.60. The highest BCUT2D eigenvalue weighted by Gasteiger charge is 2.24. The SMILES string of the molecule is CCOC(=O)N1CCN(C(=O)CSc2ccc(-c3ccc([N+](=O)[O-])cc3)nn2)CC1. The molecule has 1 fully saturated rings. The van der Waals surface area contributed by atoms with Crippen molar-refractivity contribution in [2.75, 3.05) is 38.5 Å². The lowest BCUT2D eigenvalue weighted by Gasteiger charge is -2.34. The zero-order valence-corrected chi connectivity index (χ0v) is 17.2. The number of non-ortho nitro benzene ring substituents is 1. The molecule has 0 saturated carbocycles. The number of amides is 2. The average Bonchev–Trinajstić information content (AvgIpc) is 2.78. The van der Waals surface area contributed by atoms with Crippen LogP contribution in [0.3, 0.4) is 0 Å². The molecule has 0 unspecified atom stereocenters. The van der Waals surface area contributed by atoms with Gasteiger partial charge in [-0.05, 0) is 31.2 Å². The first-order chi connectivity index (χ1) is 14.5. The predicted molar refractivity (Wildman–Crippen MR) is 110 cm³/mol. The predicted octanol–water partition coefficient (Wildman–Crippen LogP) is 2.44. The van der Waals surface area contributed by atoms with Crippen molar-refractivity contribution < 1.29 is 19.2 Å². The van der Waals surface area contributed by atoms with Gasteiger partial charge in [0.2, 0.25) is 5.91 Å². The van der Waals surface area contributed by atoms with Gasteiger partial charge in [-0.1, -0.05) is 11.8 Å². The lowest BCUT2D eigenvalue weighted by atomic mass is 10.1. The molecule has 158 valence electrons. The molecule has 2 aromatic rings. The summed E-state index contributed by atoms with van der Waals surface area (Å²) >= 11 is 1.29. The Kier molecular flexibility index (Phi) is 7.17. The van der Waals surface area contributed by atoms with Gasteiger partial charge < -0.3 is 14.5 Å². The molecule has 1 aliphatic rings. The molecule has 2 amide bonds. The highest BCUT2D eigenvalue weighted by molar-refractivity contribution is 7.99. The standard InChI is InChI=1S/C19H21N5O5S/c1-2-29-19(26)23-11-9-22(10-12-23)18(25)13-30-17-8-7-16(20-21-17)14-3-5-15(6-4-14)24(27)28/h3-8H,2,9-13H2,1H3. The summed E-state index contributed by atoms with van der Waals surface area (Å²) in [5, 5.41) is 19.6. The zero-order chi connectivity index (χ0) is 21.5. The summed E-state index contributed by atoms with van der Waals surface area (Å²) in [5.41, 5.74) is 1.33. The molecule has 0 radical (unpaired) electrons. The van der Waals surface area contributed by atoms with Crippen LogP contribution in [0.4, 0.5) is 10.5 Å². The maximum atomic E-state index is 12.4. The normalized spacial score (nSPS) is 13.8. The van der Waals surface area contributed by atoms with E-state index in [0.29, 0.717) is 43.5 Å². The highest BCUT2D eigenvalue weighted by Crippen LogP contribution is 2.22. The molecule has 0 bridgehead atoms. The maximum absolute atomic E-state index is 12.4. The topological polar surface area (TPSA) is 119 Å². The van der Waals surface area contributed by atoms with Gasteiger partial charge in [0, 0.05) is 43.9 Å². The molecule has 11 heteroatoms. The molecule has 1 aliphatic heterocycles. The lowest BCUT2D eigenvalue weighted by molar-refractivity contribution is -0.384. The number of ether oxygens (including phenoxy) is 1. The van der Waals surface area contributed by atoms with E-state index in [9.17, 15) is 19.7 Å². The Labute approximate surface area is 177 Å². The second-order valence-electron chi connectivity index (χ2n) is 6.42. The molecule has 0 N–H and O–H groups in total. The van der Waals surface area contributed by atoms with E-state index in [1.807, 2.05) is 0 Å². The van der Waals surface area contributed by atoms with Gasteiger partial charge >= 0.3 is 6.09 Å². The first-order valence-corrected chi connectivity index (χ1v) is 10.4. The molecule has 0 aliphatic carbocycles. The Morgan fingerprint density at radius 3 is 2.30 bits per heavy atom. The number of carbonyl (C=O) groups is 2. The summed E-state index contributed by atoms with van der Waals surface area (Å²) in [4.78, 5) is 37.7. The monoisotopic (exact) mass is 431 g/mol. The summed E-state index contributed by atoms with van der Waals surface area (Å²) in [5.74, 6) is 0.204. The van der Waals surface area contributed by atoms with Crippen molar-refractivity contribution in [3.63, 3.8) is 0 Å². The minimum Gasteiger partial charge on any atom is -0.450 e. The number of nitro benzene ring substituents is 1. The fourth-order valence-electron chi connectivity index (χ4n) is 2.89. The van der Waals surface area contributed by atoms with E-state index in [-0.39, 0.29) is 23.4 Å². The highest BCUT2D eigenvalue weighted by atomic mass is 32.2. The second-order valence-corrected chi connectivity index (χ2v) is 7.41. The smallest absolute Gasteiger partial charge is 0.409 e. The molecule has 1 aromatic carbocycles. The van der Waals surface area contributed by atoms with E-state index >= 15 is 0 Å². The van der Waals surface area contributed by atoms with Crippen molar-refractivity contribution in [1.29, 1.82) is 0 Å². The van der Waals surface area contributed by atoms with E-state index in [4.69, 9.17) is 4.74 Å². The van der Waals surface area contributed by atoms with E-state index < -0.39 is 4.92 Å². The van der Waals surface area contributed by atoms with E-state index in [0.717, 1.165) is 5.56 Å². The van der Waals surface area contributed by atoms with Crippen molar-refractivity contribution in [3.8, 4) is 11.3 Å². The molecular weight excluding hydrogens is 410 g/mol. The van der Waals surface area contributed by atoms with Gasteiger partial charge in [0.1, 0.15) is 5.03 Å². The largest absolute Gasteiger partial charge is 0.450 e. The average molecular weight is 431 g/mol. The lowest BCUT2D eigenvalue weighted by Crippen LogP contribution is -2.51. The Balaban J connectivity index is 1.48. The summed E-state index contributed by atoms with van der Waals surface area (Å²) in [6.07, 6.45) is -0.345. The van der Waals surface area contributed by atoms with Crippen LogP contribution < -0.4 is 0 Å². The van der Waals surface area contributed by atoms with Crippen LogP contribution in [0.5, 0.6) is 0 Å². The third-order valence-electron chi connectivity index (χ3n) is 4.52. The molecule has 1 saturated heterocycles. The quantitative estimate of drug-likeness (QED) is 0.389. The number of carbonyl (C=O) groups excluding carboxylic acids is 2. The number of piperazine rings is 1. The van der Waals surface area contributed by atoms with Crippen molar-refractivity contribution in [1.82, 2.24) is 20.0 Å². The Hall–Kier alpha value is -3.21. The number of aromatic nitrogens is 2. The summed E-state index contributed by atoms with van der Waals surface area (Å²) in [7, 11) is 0. The molecule has 10 nitrogen and oxygen atoms in total. The van der Waals surface area contributed by atoms with Crippen LogP contribution in [0, 0.1) is 10.1 Å². The number of thioether (sulfide) groups is 1. The molecule has 0 spiro atoms. The number of nitro groups is 1. The van der Waals surface area contributed by atoms with Gasteiger partial charge in [0.25, 0.3) is 5.69 Å². The molecule has 2 heterocycles. The second kappa shape index (κ2) is 10.0. The minimum atomic E-state index is -0.455. The molecule has 30 heavy (non-hydrogen) atoms. The third kappa shape index (κ3) is 5.44. The van der Waals surface area contributed by atoms with Gasteiger partial charge in [0.05, 0.1) is 23.0 Å². The summed E-state index contributed by atoms with van der Waals surface area (Å²) < 4.78 is 4.97. The van der Waals surface area contributed by atoms with E-state index in [1.54, 1.807) is 41.0 Å². The molecule has 0 atom stereocenters. The number of benzene rings is 1. The number of hydrogen-bond donors (Lipinski definition) is 0. The van der Waals surface area contributed by atoms with Crippen molar-refractivity contribution >= 4 is 29.4 Å². The van der Waals surface area contributed by atoms with Crippen molar-refractivity contribution in [2.45, 2.75) is 11.9 Å². The van der Waals surface area contributed by atoms with Crippen LogP contribution in [0.1, 0.15) is 6.92 Å². The van der Waals surface area contributed by atoms with Gasteiger partial charge in [-0.25, -0.2) is 4.79 Å². The van der Waals surface area contributed by atoms with Crippen LogP contribution in [0.25, 0.3) is 11.3 Å². The number of rotatable bonds is 6. The van der Waals surface area contributed by atoms with Crippen molar-refractivity contribution in [2.24, 2.45) is 0 Å². The van der Waals surface area contributed by atoms with Gasteiger partial charge in [-0.3, -0.25) is 14.9 Å². The first-order valence-electron chi connectivity index (χ1n) is 9.38. The van der Waals surface area contributed by atoms with Crippen LogP contribution in [-0.2, 0) is 9.53 Å². The maximum Gasteiger partial charge on any atom is 0.409 e. The van der Waals surface area contributed by atoms with Crippen LogP contribution in [-0.4, -0.2) is 75.5 Å². The number of hydrogen-bond acceptors (Lipinski definition) is 8. The van der Waals surface area contributed by atoms with E-state index in [1.165, 1.54) is 23.9 Å². The Morgan fingerprint density at radius 2 is 1.73 bits per heavy atom. The van der Waals surface area contributed by atoms with Crippen molar-refractivity contribution in [3.05, 3.63) is 46.5 Å². The van der Waals surface area contributed by atoms with Crippen LogP contribution in [0.2, 0.25) is 0 Å². The third-order valence-corrected chi connectivity index (χ3v) is 5.42. The Bertz CT molecular complexity index is 899. The van der Waals surface area contributed by atoms with Crippen LogP contribution >= 0.6 is 11.8 Å². The first kappa shape index (κ1) is 21.5. The fourth-order valence-corrected chi connectivity index (χ4v) is 3.60. The van der Waals surface area contributed by atoms with E-state index in [2.05, 4.69) is 10.2 Å². The minimum absolute atomic E-state index is 0.0143. The zero-order valence-electron chi connectivity index (χ0n) is 16.4. The number of nitrogens with zero attached hydrogens (tertiary/aromatic N) is 5. The Morgan fingerprint density at radius 1 is 1.07 bits per heavy atom. The van der Waals surface area contributed by atoms with Gasteiger partial charge in [0.15, 0.2) is 0 Å². The fraction of sp³-hybridized carbons (Fsp3) is 0.368. The molecule has 3 rings (SSSR count). The van der Waals surface area contributed by atoms with Crippen LogP contribution in [0.15, 0.2) is 41.4 Å². The summed E-state index contributed by atoms with van der Waals surface area (Å²) in [6.45, 7) is 3.96. The molecular formula is C19H21N5O5S. The molecule has 1 aromatic heterocycles. The van der Waals surface area contributed by atoms with Gasteiger partial charge in [-0.15, -0.1) is 10.2 Å².